The highest BCUT2D eigenvalue weighted by molar-refractivity contribution is 9.10. The molecule has 0 radical (unpaired) electrons. The van der Waals surface area contributed by atoms with Crippen molar-refractivity contribution < 1.29 is 13.2 Å². The van der Waals surface area contributed by atoms with Crippen LogP contribution in [0.2, 0.25) is 5.02 Å². The van der Waals surface area contributed by atoms with E-state index >= 15 is 0 Å². The van der Waals surface area contributed by atoms with E-state index < -0.39 is 11.7 Å². The lowest BCUT2D eigenvalue weighted by atomic mass is 10.2. The predicted molar refractivity (Wildman–Crippen MR) is 77.9 cm³/mol. The number of rotatable bonds is 3. The average Bonchev–Trinajstić information content (AvgIpc) is 2.38. The highest BCUT2D eigenvalue weighted by atomic mass is 79.9. The van der Waals surface area contributed by atoms with Gasteiger partial charge in [-0.25, -0.2) is 0 Å². The third kappa shape index (κ3) is 3.90. The van der Waals surface area contributed by atoms with Crippen LogP contribution in [0.5, 0.6) is 0 Å². The van der Waals surface area contributed by atoms with E-state index in [9.17, 15) is 13.2 Å². The van der Waals surface area contributed by atoms with Crippen molar-refractivity contribution in [2.75, 3.05) is 5.32 Å². The maximum absolute atomic E-state index is 12.8. The average molecular weight is 365 g/mol. The van der Waals surface area contributed by atoms with Crippen molar-refractivity contribution in [1.29, 1.82) is 0 Å². The summed E-state index contributed by atoms with van der Waals surface area (Å²) in [5, 5.41) is 3.58. The Labute approximate surface area is 127 Å². The topological polar surface area (TPSA) is 12.0 Å². The molecule has 20 heavy (non-hydrogen) atoms. The molecule has 0 amide bonds. The minimum Gasteiger partial charge on any atom is -0.381 e. The van der Waals surface area contributed by atoms with Gasteiger partial charge in [0, 0.05) is 21.7 Å². The normalized spacial score (nSPS) is 11.4. The second-order valence-corrected chi connectivity index (χ2v) is 5.46. The highest BCUT2D eigenvalue weighted by Crippen LogP contribution is 2.36. The van der Waals surface area contributed by atoms with Crippen LogP contribution >= 0.6 is 27.5 Å². The molecule has 1 nitrogen and oxygen atoms in total. The van der Waals surface area contributed by atoms with E-state index in [-0.39, 0.29) is 4.47 Å². The van der Waals surface area contributed by atoms with Crippen LogP contribution in [0.25, 0.3) is 0 Å². The SMILES string of the molecule is FC(F)(F)c1cc(NCc2ccc(Cl)cc2)ccc1Br. The van der Waals surface area contributed by atoms with Crippen LogP contribution in [0.1, 0.15) is 11.1 Å². The summed E-state index contributed by atoms with van der Waals surface area (Å²) < 4.78 is 38.3. The second kappa shape index (κ2) is 6.06. The Morgan fingerprint density at radius 2 is 1.70 bits per heavy atom. The summed E-state index contributed by atoms with van der Waals surface area (Å²) in [7, 11) is 0. The molecule has 0 atom stereocenters. The van der Waals surface area contributed by atoms with E-state index in [0.717, 1.165) is 11.6 Å². The lowest BCUT2D eigenvalue weighted by Crippen LogP contribution is -2.07. The monoisotopic (exact) mass is 363 g/mol. The van der Waals surface area contributed by atoms with Gasteiger partial charge in [0.05, 0.1) is 5.56 Å². The summed E-state index contributed by atoms with van der Waals surface area (Å²) in [6, 6.07) is 11.2. The molecule has 6 heteroatoms. The molecular formula is C14H10BrClF3N. The van der Waals surface area contributed by atoms with Gasteiger partial charge in [-0.1, -0.05) is 39.7 Å². The zero-order valence-electron chi connectivity index (χ0n) is 10.1. The number of anilines is 1. The summed E-state index contributed by atoms with van der Waals surface area (Å²) in [6.07, 6.45) is -4.38. The van der Waals surface area contributed by atoms with E-state index in [4.69, 9.17) is 11.6 Å². The number of hydrogen-bond acceptors (Lipinski definition) is 1. The second-order valence-electron chi connectivity index (χ2n) is 4.17. The lowest BCUT2D eigenvalue weighted by molar-refractivity contribution is -0.138. The Hall–Kier alpha value is -1.20. The summed E-state index contributed by atoms with van der Waals surface area (Å²) in [5.41, 5.74) is 0.653. The molecule has 0 fully saturated rings. The number of nitrogens with one attached hydrogen (secondary N) is 1. The van der Waals surface area contributed by atoms with E-state index in [1.807, 2.05) is 12.1 Å². The molecule has 0 heterocycles. The molecule has 2 rings (SSSR count). The quantitative estimate of drug-likeness (QED) is 0.733. The highest BCUT2D eigenvalue weighted by Gasteiger charge is 2.33. The molecule has 2 aromatic rings. The van der Waals surface area contributed by atoms with Gasteiger partial charge < -0.3 is 5.32 Å². The fraction of sp³-hybridized carbons (Fsp3) is 0.143. The van der Waals surface area contributed by atoms with Crippen LogP contribution in [0, 0.1) is 0 Å². The summed E-state index contributed by atoms with van der Waals surface area (Å²) in [5.74, 6) is 0. The van der Waals surface area contributed by atoms with Crippen molar-refractivity contribution in [3.05, 3.63) is 63.1 Å². The van der Waals surface area contributed by atoms with E-state index in [1.165, 1.54) is 6.07 Å². The fourth-order valence-corrected chi connectivity index (χ4v) is 2.26. The molecule has 0 unspecified atom stereocenters. The molecule has 106 valence electrons. The van der Waals surface area contributed by atoms with Gasteiger partial charge in [-0.15, -0.1) is 0 Å². The van der Waals surface area contributed by atoms with Crippen molar-refractivity contribution in [3.8, 4) is 0 Å². The first kappa shape index (κ1) is 15.2. The third-order valence-corrected chi connectivity index (χ3v) is 3.63. The van der Waals surface area contributed by atoms with Gasteiger partial charge in [-0.3, -0.25) is 0 Å². The molecule has 2 aromatic carbocycles. The Kier molecular flexibility index (Phi) is 4.60. The van der Waals surface area contributed by atoms with Crippen LogP contribution in [0.15, 0.2) is 46.9 Å². The number of halogens is 5. The Morgan fingerprint density at radius 1 is 1.05 bits per heavy atom. The largest absolute Gasteiger partial charge is 0.417 e. The van der Waals surface area contributed by atoms with Gasteiger partial charge in [-0.05, 0) is 35.9 Å². The van der Waals surface area contributed by atoms with E-state index in [1.54, 1.807) is 18.2 Å². The third-order valence-electron chi connectivity index (χ3n) is 2.68. The first-order chi connectivity index (χ1) is 9.36. The molecule has 0 saturated carbocycles. The predicted octanol–water partition coefficient (Wildman–Crippen LogP) is 5.73. The Bertz CT molecular complexity index is 596. The zero-order valence-corrected chi connectivity index (χ0v) is 12.5. The fourth-order valence-electron chi connectivity index (χ4n) is 1.66. The molecule has 1 N–H and O–H groups in total. The van der Waals surface area contributed by atoms with Crippen LogP contribution in [0.4, 0.5) is 18.9 Å². The molecule has 0 saturated heterocycles. The Morgan fingerprint density at radius 3 is 2.30 bits per heavy atom. The van der Waals surface area contributed by atoms with Crippen molar-refractivity contribution >= 4 is 33.2 Å². The molecule has 0 aromatic heterocycles. The van der Waals surface area contributed by atoms with Crippen LogP contribution < -0.4 is 5.32 Å². The number of hydrogen-bond donors (Lipinski definition) is 1. The summed E-state index contributed by atoms with van der Waals surface area (Å²) in [4.78, 5) is 0. The van der Waals surface area contributed by atoms with Gasteiger partial charge in [0.1, 0.15) is 0 Å². The van der Waals surface area contributed by atoms with Crippen molar-refractivity contribution in [2.24, 2.45) is 0 Å². The standard InChI is InChI=1S/C14H10BrClF3N/c15-13-6-5-11(7-12(13)14(17,18)19)20-8-9-1-3-10(16)4-2-9/h1-7,20H,8H2. The van der Waals surface area contributed by atoms with E-state index in [2.05, 4.69) is 21.2 Å². The first-order valence-corrected chi connectivity index (χ1v) is 6.88. The lowest BCUT2D eigenvalue weighted by Gasteiger charge is -2.12. The van der Waals surface area contributed by atoms with Crippen LogP contribution in [-0.2, 0) is 12.7 Å². The maximum Gasteiger partial charge on any atom is 0.417 e. The van der Waals surface area contributed by atoms with Gasteiger partial charge in [0.25, 0.3) is 0 Å². The molecule has 0 spiro atoms. The maximum atomic E-state index is 12.8. The van der Waals surface area contributed by atoms with Crippen LogP contribution in [0.3, 0.4) is 0 Å². The minimum absolute atomic E-state index is 0.0297. The molecular weight excluding hydrogens is 355 g/mol. The molecule has 0 aliphatic heterocycles. The van der Waals surface area contributed by atoms with E-state index in [0.29, 0.717) is 17.3 Å². The minimum atomic E-state index is -4.38. The summed E-state index contributed by atoms with van der Waals surface area (Å²) >= 11 is 8.67. The smallest absolute Gasteiger partial charge is 0.381 e. The van der Waals surface area contributed by atoms with Gasteiger partial charge in [0.2, 0.25) is 0 Å². The Balaban J connectivity index is 2.12. The molecule has 0 aliphatic rings. The molecule has 0 bridgehead atoms. The van der Waals surface area contributed by atoms with Crippen LogP contribution in [-0.4, -0.2) is 0 Å². The number of benzene rings is 2. The van der Waals surface area contributed by atoms with Crippen molar-refractivity contribution in [3.63, 3.8) is 0 Å². The van der Waals surface area contributed by atoms with Crippen molar-refractivity contribution in [1.82, 2.24) is 0 Å². The zero-order chi connectivity index (χ0) is 14.8. The summed E-state index contributed by atoms with van der Waals surface area (Å²) in [6.45, 7) is 0.427. The van der Waals surface area contributed by atoms with Gasteiger partial charge >= 0.3 is 6.18 Å². The molecule has 0 aliphatic carbocycles. The van der Waals surface area contributed by atoms with Gasteiger partial charge in [-0.2, -0.15) is 13.2 Å². The van der Waals surface area contributed by atoms with Gasteiger partial charge in [0.15, 0.2) is 0 Å². The number of alkyl halides is 3. The van der Waals surface area contributed by atoms with Crippen molar-refractivity contribution in [2.45, 2.75) is 12.7 Å². The first-order valence-electron chi connectivity index (χ1n) is 5.71.